The maximum Gasteiger partial charge on any atom is 0.472 e. The molecule has 120 heavy (non-hydrogen) atoms. The second-order valence-electron chi connectivity index (χ2n) is 30.8. The largest absolute Gasteiger partial charge is 0.472 e. The van der Waals surface area contributed by atoms with Gasteiger partial charge in [0.05, 0.1) is 250 Å². The summed E-state index contributed by atoms with van der Waals surface area (Å²) in [5.74, 6) is 12.9. The van der Waals surface area contributed by atoms with Gasteiger partial charge in [-0.3, -0.25) is 18.1 Å². The van der Waals surface area contributed by atoms with Crippen LogP contribution in [0, 0.1) is 23.7 Å². The van der Waals surface area contributed by atoms with Crippen LogP contribution in [-0.4, -0.2) is 263 Å². The van der Waals surface area contributed by atoms with Crippen LogP contribution in [0.1, 0.15) is 154 Å². The first-order valence-corrected chi connectivity index (χ1v) is 50.4. The lowest BCUT2D eigenvalue weighted by Gasteiger charge is -2.42. The molecule has 0 saturated heterocycles. The molecule has 4 rings (SSSR count). The standard InChI is InChI=1S/C90H148O26P2Si2/c1-75(2)119(76(3)4,77(5)6)115-71-67-107-63-59-103-55-51-99-47-43-95-41-45-97-49-53-101-57-61-105-65-69-113-117(91,92)111-39-37-87-25-21-83(22-26-87)17-19-85-29-33-89(34-30-85)73-109-81(13)15-16-82(14)110-74-90-35-31-86(32-36-90)20-18-84-23-27-88(28-24-84)38-40-112-118(93,94)114-70-66-106-62-58-102-54-50-98-46-42-96-44-48-100-52-56-104-60-64-108-68-72-116-120(78(7)8,79(9)10)80(11)12/h21-36,75-82H,15-16,37-74H2,1-14H3,(H,91,92)(H,93,94)/t81-,82-/m0/s1. The molecule has 0 aliphatic carbocycles. The van der Waals surface area contributed by atoms with E-state index in [1.54, 1.807) is 0 Å². The van der Waals surface area contributed by atoms with Gasteiger partial charge in [-0.05, 0) is 144 Å². The second kappa shape index (κ2) is 66.4. The van der Waals surface area contributed by atoms with Gasteiger partial charge in [0.15, 0.2) is 16.6 Å². The summed E-state index contributed by atoms with van der Waals surface area (Å²) in [6.45, 7) is 45.6. The highest BCUT2D eigenvalue weighted by Crippen LogP contribution is 2.45. The molecule has 0 radical (unpaired) electrons. The summed E-state index contributed by atoms with van der Waals surface area (Å²) in [6, 6.07) is 31.4. The van der Waals surface area contributed by atoms with Crippen LogP contribution in [0.25, 0.3) is 0 Å². The number of phosphoric acid groups is 2. The molecule has 0 bridgehead atoms. The number of ether oxygens (including phenoxy) is 16. The molecule has 2 N–H and O–H groups in total. The Morgan fingerprint density at radius 2 is 0.425 bits per heavy atom. The predicted octanol–water partition coefficient (Wildman–Crippen LogP) is 15.7. The molecule has 0 aliphatic heterocycles. The van der Waals surface area contributed by atoms with E-state index in [1.165, 1.54) is 0 Å². The molecule has 30 heteroatoms. The third-order valence-corrected chi connectivity index (χ3v) is 34.1. The molecular weight excluding hydrogens is 1620 g/mol. The van der Waals surface area contributed by atoms with Crippen LogP contribution in [0.5, 0.6) is 0 Å². The lowest BCUT2D eigenvalue weighted by Crippen LogP contribution is -2.48. The number of hydrogen-bond donors (Lipinski definition) is 2. The summed E-state index contributed by atoms with van der Waals surface area (Å²) in [7, 11) is -12.2. The first-order valence-electron chi connectivity index (χ1n) is 43.1. The fourth-order valence-electron chi connectivity index (χ4n) is 13.7. The highest BCUT2D eigenvalue weighted by Gasteiger charge is 2.46. The van der Waals surface area contributed by atoms with E-state index in [2.05, 4.69) is 121 Å². The van der Waals surface area contributed by atoms with E-state index < -0.39 is 32.3 Å². The van der Waals surface area contributed by atoms with Crippen LogP contribution in [-0.2, 0) is 138 Å². The van der Waals surface area contributed by atoms with Crippen molar-refractivity contribution in [2.45, 2.75) is 181 Å². The zero-order valence-corrected chi connectivity index (χ0v) is 78.5. The van der Waals surface area contributed by atoms with Gasteiger partial charge in [0, 0.05) is 22.3 Å². The monoisotopic (exact) mass is 1760 g/mol. The molecule has 682 valence electrons. The van der Waals surface area contributed by atoms with Crippen LogP contribution in [0.3, 0.4) is 0 Å². The number of hydrogen-bond acceptors (Lipinski definition) is 24. The number of benzene rings is 4. The highest BCUT2D eigenvalue weighted by molar-refractivity contribution is 7.47. The first-order chi connectivity index (χ1) is 57.9. The zero-order chi connectivity index (χ0) is 87.2. The fourth-order valence-corrected chi connectivity index (χ4v) is 26.0. The highest BCUT2D eigenvalue weighted by atomic mass is 31.2. The molecular formula is C90H148O26P2Si2. The normalized spacial score (nSPS) is 13.7. The van der Waals surface area contributed by atoms with Crippen LogP contribution in [0.2, 0.25) is 33.2 Å². The molecule has 0 fully saturated rings. The van der Waals surface area contributed by atoms with Gasteiger partial charge in [0.2, 0.25) is 0 Å². The molecule has 0 amide bonds. The summed E-state index contributed by atoms with van der Waals surface area (Å²) in [4.78, 5) is 20.3. The lowest BCUT2D eigenvalue weighted by atomic mass is 10.1. The summed E-state index contributed by atoms with van der Waals surface area (Å²) in [6.07, 6.45) is 2.61. The summed E-state index contributed by atoms with van der Waals surface area (Å²) < 4.78 is 149. The van der Waals surface area contributed by atoms with E-state index in [1.807, 2.05) is 97.1 Å². The molecule has 26 nitrogen and oxygen atoms in total. The third-order valence-electron chi connectivity index (χ3n) is 19.9. The third kappa shape index (κ3) is 49.7. The van der Waals surface area contributed by atoms with E-state index in [-0.39, 0.29) is 51.8 Å². The van der Waals surface area contributed by atoms with Crippen LogP contribution in [0.4, 0.5) is 0 Å². The Kier molecular flexibility index (Phi) is 59.9. The van der Waals surface area contributed by atoms with Gasteiger partial charge in [-0.1, -0.05) is 155 Å². The molecule has 0 spiro atoms. The Labute approximate surface area is 721 Å². The summed E-state index contributed by atoms with van der Waals surface area (Å²) in [5, 5.41) is 0. The Morgan fingerprint density at radius 3 is 0.625 bits per heavy atom. The van der Waals surface area contributed by atoms with Gasteiger partial charge in [-0.25, -0.2) is 9.13 Å². The van der Waals surface area contributed by atoms with Crippen LogP contribution in [0.15, 0.2) is 97.1 Å². The van der Waals surface area contributed by atoms with E-state index in [0.717, 1.165) is 57.3 Å². The molecule has 0 aliphatic rings. The van der Waals surface area contributed by atoms with E-state index in [9.17, 15) is 18.9 Å². The van der Waals surface area contributed by atoms with Crippen molar-refractivity contribution in [2.24, 2.45) is 0 Å². The summed E-state index contributed by atoms with van der Waals surface area (Å²) in [5.41, 5.74) is 10.7. The number of phosphoric ester groups is 2. The average molecular weight is 1760 g/mol. The molecule has 4 aromatic rings. The van der Waals surface area contributed by atoms with Crippen molar-refractivity contribution in [3.8, 4) is 23.7 Å². The predicted molar refractivity (Wildman–Crippen MR) is 472 cm³/mol. The molecule has 4 aromatic carbocycles. The Morgan fingerprint density at radius 1 is 0.250 bits per heavy atom. The van der Waals surface area contributed by atoms with Crippen molar-refractivity contribution in [3.05, 3.63) is 142 Å². The Balaban J connectivity index is 0.899. The maximum absolute atomic E-state index is 12.4. The van der Waals surface area contributed by atoms with E-state index >= 15 is 0 Å². The van der Waals surface area contributed by atoms with Crippen molar-refractivity contribution < 1.29 is 122 Å². The minimum atomic E-state index is -4.25. The Bertz CT molecular complexity index is 3140. The zero-order valence-electron chi connectivity index (χ0n) is 74.7. The summed E-state index contributed by atoms with van der Waals surface area (Å²) >= 11 is 0. The van der Waals surface area contributed by atoms with Gasteiger partial charge < -0.3 is 94.4 Å². The number of rotatable bonds is 75. The second-order valence-corrected chi connectivity index (χ2v) is 44.6. The first kappa shape index (κ1) is 108. The molecule has 2 unspecified atom stereocenters. The van der Waals surface area contributed by atoms with E-state index in [0.29, 0.717) is 244 Å². The van der Waals surface area contributed by atoms with Crippen molar-refractivity contribution >= 4 is 32.3 Å². The molecule has 0 aromatic heterocycles. The average Bonchev–Trinajstić information content (AvgIpc) is 0.811. The van der Waals surface area contributed by atoms with Gasteiger partial charge >= 0.3 is 15.6 Å². The molecule has 4 atom stereocenters. The van der Waals surface area contributed by atoms with Crippen LogP contribution >= 0.6 is 15.6 Å². The minimum absolute atomic E-state index is 0.000595. The maximum atomic E-state index is 12.4. The minimum Gasteiger partial charge on any atom is -0.414 e. The van der Waals surface area contributed by atoms with Crippen molar-refractivity contribution in [2.75, 3.05) is 225 Å². The molecule has 0 heterocycles. The SMILES string of the molecule is CC(C)[Si](OCCOCCOCCOCCOCCOCCOCCOCCOP(=O)(O)OCCc1ccc(C#Cc2ccc(CO[C@@H](C)CC[C@H](C)OCc3ccc(C#Cc4ccc(CCOP(=O)(O)OCCOCCOCCOCCOCCOCCOCCOCCO[Si](C(C)C)(C(C)C)C(C)C)cc4)cc3)cc2)cc1)(C(C)C)C(C)C. The van der Waals surface area contributed by atoms with Crippen LogP contribution < -0.4 is 0 Å². The quantitative estimate of drug-likeness (QED) is 0.0180. The Hall–Kier alpha value is -4.07. The smallest absolute Gasteiger partial charge is 0.414 e. The van der Waals surface area contributed by atoms with Crippen molar-refractivity contribution in [1.82, 2.24) is 0 Å². The van der Waals surface area contributed by atoms with Crippen molar-refractivity contribution in [3.63, 3.8) is 0 Å². The molecule has 0 saturated carbocycles. The van der Waals surface area contributed by atoms with Gasteiger partial charge in [0.1, 0.15) is 0 Å². The van der Waals surface area contributed by atoms with Crippen molar-refractivity contribution in [1.29, 1.82) is 0 Å². The van der Waals surface area contributed by atoms with Gasteiger partial charge in [-0.15, -0.1) is 0 Å². The topological polar surface area (TPSA) is 278 Å². The van der Waals surface area contributed by atoms with E-state index in [4.69, 9.17) is 103 Å². The lowest BCUT2D eigenvalue weighted by molar-refractivity contribution is -0.0223. The van der Waals surface area contributed by atoms with Gasteiger partial charge in [0.25, 0.3) is 0 Å². The van der Waals surface area contributed by atoms with Gasteiger partial charge in [-0.2, -0.15) is 0 Å². The fraction of sp³-hybridized carbons (Fsp3) is 0.689.